The molecule has 62 valence electrons. The third kappa shape index (κ3) is 2.20. The highest BCUT2D eigenvalue weighted by Gasteiger charge is 2.20. The average molecular weight is 175 g/mol. The Morgan fingerprint density at radius 2 is 1.64 bits per heavy atom. The van der Waals surface area contributed by atoms with Crippen LogP contribution in [0.2, 0.25) is 0 Å². The molecule has 11 heavy (non-hydrogen) atoms. The summed E-state index contributed by atoms with van der Waals surface area (Å²) in [5.41, 5.74) is 1.04. The standard InChI is InChI=1S/C7H10O3S/c1-6-2-4-7(5-3-6)11(8,9)10/h2-5,8-10H,1H3/p+1. The molecule has 0 aromatic heterocycles. The quantitative estimate of drug-likeness (QED) is 0.638. The Morgan fingerprint density at radius 3 is 2.00 bits per heavy atom. The summed E-state index contributed by atoms with van der Waals surface area (Å²) in [5, 5.41) is 0. The molecular formula is C7H11O3S+. The van der Waals surface area contributed by atoms with Crippen LogP contribution in [0.3, 0.4) is 0 Å². The van der Waals surface area contributed by atoms with E-state index in [1.807, 2.05) is 6.92 Å². The summed E-state index contributed by atoms with van der Waals surface area (Å²) in [7, 11) is -3.27. The van der Waals surface area contributed by atoms with E-state index in [0.29, 0.717) is 0 Å². The number of aryl methyl sites for hydroxylation is 1. The zero-order valence-corrected chi connectivity index (χ0v) is 6.93. The van der Waals surface area contributed by atoms with Gasteiger partial charge in [0.05, 0.1) is 0 Å². The summed E-state index contributed by atoms with van der Waals surface area (Å²) in [6.07, 6.45) is 0. The van der Waals surface area contributed by atoms with Crippen LogP contribution in [0, 0.1) is 6.92 Å². The van der Waals surface area contributed by atoms with Crippen LogP contribution in [-0.2, 0) is 0 Å². The lowest BCUT2D eigenvalue weighted by Crippen LogP contribution is -1.94. The van der Waals surface area contributed by atoms with E-state index in [2.05, 4.69) is 0 Å². The van der Waals surface area contributed by atoms with Crippen molar-refractivity contribution in [2.45, 2.75) is 11.8 Å². The first-order chi connectivity index (χ1) is 5.00. The number of hydrogen-bond donors (Lipinski definition) is 2. The Bertz CT molecular complexity index is 237. The maximum atomic E-state index is 8.89. The highest BCUT2D eigenvalue weighted by atomic mass is 32.3. The molecule has 0 spiro atoms. The molecule has 1 aromatic carbocycles. The molecule has 0 atom stereocenters. The smallest absolute Gasteiger partial charge is 0.237 e. The highest BCUT2D eigenvalue weighted by Crippen LogP contribution is 2.42. The molecule has 0 unspecified atom stereocenters. The normalized spacial score (nSPS) is 13.1. The third-order valence-corrected chi connectivity index (χ3v) is 2.28. The molecule has 0 amide bonds. The second-order valence-corrected chi connectivity index (χ2v) is 3.93. The van der Waals surface area contributed by atoms with E-state index in [4.69, 9.17) is 13.7 Å². The molecule has 0 saturated carbocycles. The topological polar surface area (TPSA) is 63.4 Å². The molecule has 1 rings (SSSR count). The summed E-state index contributed by atoms with van der Waals surface area (Å²) >= 11 is 0. The minimum Gasteiger partial charge on any atom is -0.351 e. The molecule has 0 bridgehead atoms. The van der Waals surface area contributed by atoms with Crippen LogP contribution in [0.5, 0.6) is 0 Å². The van der Waals surface area contributed by atoms with Crippen molar-refractivity contribution in [2.24, 2.45) is 0 Å². The molecule has 0 saturated heterocycles. The lowest BCUT2D eigenvalue weighted by Gasteiger charge is -2.13. The first kappa shape index (κ1) is 8.55. The van der Waals surface area contributed by atoms with E-state index >= 15 is 0 Å². The molecule has 0 aliphatic rings. The summed E-state index contributed by atoms with van der Waals surface area (Å²) in [5.74, 6) is 0. The van der Waals surface area contributed by atoms with Crippen LogP contribution in [0.15, 0.2) is 29.2 Å². The fraction of sp³-hybridized carbons (Fsp3) is 0.143. The van der Waals surface area contributed by atoms with E-state index in [1.54, 1.807) is 24.3 Å². The average Bonchev–Trinajstić information content (AvgIpc) is 1.86. The molecule has 0 aliphatic heterocycles. The molecule has 4 heteroatoms. The maximum Gasteiger partial charge on any atom is 0.237 e. The van der Waals surface area contributed by atoms with Crippen LogP contribution >= 0.6 is 10.9 Å². The van der Waals surface area contributed by atoms with Crippen LogP contribution in [0.1, 0.15) is 5.56 Å². The van der Waals surface area contributed by atoms with Crippen molar-refractivity contribution in [2.75, 3.05) is 0 Å². The van der Waals surface area contributed by atoms with Crippen molar-refractivity contribution < 1.29 is 13.7 Å². The third-order valence-electron chi connectivity index (χ3n) is 1.35. The first-order valence-corrected chi connectivity index (χ1v) is 4.64. The molecule has 1 aromatic rings. The Morgan fingerprint density at radius 1 is 1.18 bits per heavy atom. The van der Waals surface area contributed by atoms with Gasteiger partial charge in [-0.1, -0.05) is 17.7 Å². The van der Waals surface area contributed by atoms with Crippen molar-refractivity contribution >= 4 is 10.9 Å². The minimum absolute atomic E-state index is 0.267. The Kier molecular flexibility index (Phi) is 2.20. The van der Waals surface area contributed by atoms with E-state index in [-0.39, 0.29) is 4.90 Å². The lowest BCUT2D eigenvalue weighted by molar-refractivity contribution is 0.376. The van der Waals surface area contributed by atoms with Crippen LogP contribution in [0.25, 0.3) is 0 Å². The van der Waals surface area contributed by atoms with Crippen LogP contribution < -0.4 is 0 Å². The van der Waals surface area contributed by atoms with Gasteiger partial charge in [-0.05, 0) is 19.1 Å². The number of benzene rings is 1. The summed E-state index contributed by atoms with van der Waals surface area (Å²) in [4.78, 5) is 0.267. The highest BCUT2D eigenvalue weighted by molar-refractivity contribution is 8.19. The number of hydrogen-bond acceptors (Lipinski definition) is 2. The number of rotatable bonds is 1. The van der Waals surface area contributed by atoms with Crippen molar-refractivity contribution in [3.05, 3.63) is 29.8 Å². The fourth-order valence-corrected chi connectivity index (χ4v) is 1.24. The SMILES string of the molecule is Cc1ccc(S(O)(O)[OH2+])cc1. The molecule has 0 aliphatic carbocycles. The van der Waals surface area contributed by atoms with Gasteiger partial charge in [0.25, 0.3) is 0 Å². The maximum absolute atomic E-state index is 8.89. The molecule has 0 fully saturated rings. The van der Waals surface area contributed by atoms with Gasteiger partial charge in [0, 0.05) is 0 Å². The van der Waals surface area contributed by atoms with Crippen LogP contribution in [-0.4, -0.2) is 13.7 Å². The lowest BCUT2D eigenvalue weighted by atomic mass is 10.2. The Hall–Kier alpha value is -0.550. The molecule has 4 N–H and O–H groups in total. The zero-order chi connectivity index (χ0) is 8.48. The molecule has 0 radical (unpaired) electrons. The van der Waals surface area contributed by atoms with Gasteiger partial charge in [0.15, 0.2) is 0 Å². The van der Waals surface area contributed by atoms with Crippen molar-refractivity contribution in [1.29, 1.82) is 0 Å². The van der Waals surface area contributed by atoms with Gasteiger partial charge in [0.2, 0.25) is 10.9 Å². The van der Waals surface area contributed by atoms with Gasteiger partial charge in [-0.25, -0.2) is 0 Å². The molecule has 0 heterocycles. The van der Waals surface area contributed by atoms with E-state index in [0.717, 1.165) is 5.56 Å². The first-order valence-electron chi connectivity index (χ1n) is 3.09. The van der Waals surface area contributed by atoms with E-state index < -0.39 is 10.9 Å². The van der Waals surface area contributed by atoms with Gasteiger partial charge in [0.1, 0.15) is 4.90 Å². The fourth-order valence-electron chi connectivity index (χ4n) is 0.728. The van der Waals surface area contributed by atoms with E-state index in [9.17, 15) is 0 Å². The van der Waals surface area contributed by atoms with Gasteiger partial charge in [-0.15, -0.1) is 0 Å². The van der Waals surface area contributed by atoms with Crippen molar-refractivity contribution in [3.8, 4) is 0 Å². The minimum atomic E-state index is -3.27. The summed E-state index contributed by atoms with van der Waals surface area (Å²) in [6.45, 7) is 1.90. The van der Waals surface area contributed by atoms with E-state index in [1.165, 1.54) is 0 Å². The van der Waals surface area contributed by atoms with Gasteiger partial charge < -0.3 is 4.55 Å². The van der Waals surface area contributed by atoms with Gasteiger partial charge in [-0.3, -0.25) is 9.11 Å². The zero-order valence-electron chi connectivity index (χ0n) is 6.11. The molecular weight excluding hydrogens is 164 g/mol. The van der Waals surface area contributed by atoms with Crippen molar-refractivity contribution in [1.82, 2.24) is 0 Å². The second kappa shape index (κ2) is 2.83. The van der Waals surface area contributed by atoms with Gasteiger partial charge in [-0.2, -0.15) is 0 Å². The monoisotopic (exact) mass is 175 g/mol. The Labute approximate surface area is 66.9 Å². The predicted octanol–water partition coefficient (Wildman–Crippen LogP) is 1.74. The second-order valence-electron chi connectivity index (χ2n) is 2.36. The predicted molar refractivity (Wildman–Crippen MR) is 45.9 cm³/mol. The molecule has 3 nitrogen and oxygen atoms in total. The summed E-state index contributed by atoms with van der Waals surface area (Å²) < 4.78 is 24.7. The van der Waals surface area contributed by atoms with Crippen LogP contribution in [0.4, 0.5) is 0 Å². The largest absolute Gasteiger partial charge is 0.351 e. The van der Waals surface area contributed by atoms with Crippen molar-refractivity contribution in [3.63, 3.8) is 0 Å². The Balaban J connectivity index is 2.99. The summed E-state index contributed by atoms with van der Waals surface area (Å²) in [6, 6.07) is 6.60. The van der Waals surface area contributed by atoms with Gasteiger partial charge >= 0.3 is 0 Å².